The predicted octanol–water partition coefficient (Wildman–Crippen LogP) is 5.33. The van der Waals surface area contributed by atoms with E-state index in [1.54, 1.807) is 0 Å². The molecular weight excluding hydrogens is 350 g/mol. The van der Waals surface area contributed by atoms with Crippen molar-refractivity contribution < 1.29 is 14.2 Å². The first-order valence-corrected chi connectivity index (χ1v) is 9.57. The van der Waals surface area contributed by atoms with Crippen LogP contribution in [-0.4, -0.2) is 25.9 Å². The van der Waals surface area contributed by atoms with Crippen LogP contribution in [0.1, 0.15) is 12.5 Å². The first-order valence-electron chi connectivity index (χ1n) is 9.57. The van der Waals surface area contributed by atoms with Gasteiger partial charge in [0.25, 0.3) is 0 Å². The summed E-state index contributed by atoms with van der Waals surface area (Å²) in [6.45, 7) is 5.75. The van der Waals surface area contributed by atoms with E-state index in [2.05, 4.69) is 18.3 Å². The second kappa shape index (κ2) is 10.3. The van der Waals surface area contributed by atoms with Gasteiger partial charge in [-0.05, 0) is 55.8 Å². The van der Waals surface area contributed by atoms with Gasteiger partial charge in [-0.15, -0.1) is 0 Å². The summed E-state index contributed by atoms with van der Waals surface area (Å²) in [5.41, 5.74) is 2.14. The lowest BCUT2D eigenvalue weighted by atomic mass is 10.2. The van der Waals surface area contributed by atoms with Gasteiger partial charge in [0.05, 0.1) is 12.2 Å². The van der Waals surface area contributed by atoms with Crippen molar-refractivity contribution in [2.24, 2.45) is 0 Å². The van der Waals surface area contributed by atoms with Gasteiger partial charge in [0.2, 0.25) is 0 Å². The van der Waals surface area contributed by atoms with Gasteiger partial charge < -0.3 is 19.5 Å². The summed E-state index contributed by atoms with van der Waals surface area (Å²) in [5.74, 6) is 2.54. The molecule has 0 heterocycles. The Labute approximate surface area is 167 Å². The number of rotatable bonds is 10. The third kappa shape index (κ3) is 6.23. The molecule has 0 fully saturated rings. The Morgan fingerprint density at radius 1 is 0.786 bits per heavy atom. The monoisotopic (exact) mass is 377 g/mol. The molecule has 0 radical (unpaired) electrons. The highest BCUT2D eigenvalue weighted by Gasteiger charge is 2.07. The van der Waals surface area contributed by atoms with Crippen LogP contribution in [0, 0.1) is 6.92 Å². The van der Waals surface area contributed by atoms with Crippen LogP contribution in [0.4, 0.5) is 5.69 Å². The fourth-order valence-electron chi connectivity index (χ4n) is 2.78. The van der Waals surface area contributed by atoms with Gasteiger partial charge in [0, 0.05) is 0 Å². The highest BCUT2D eigenvalue weighted by Crippen LogP contribution is 2.24. The molecule has 0 spiro atoms. The molecule has 1 atom stereocenters. The van der Waals surface area contributed by atoms with Crippen LogP contribution < -0.4 is 19.5 Å². The van der Waals surface area contributed by atoms with Crippen molar-refractivity contribution in [3.8, 4) is 17.2 Å². The molecule has 28 heavy (non-hydrogen) atoms. The normalized spacial score (nSPS) is 11.5. The van der Waals surface area contributed by atoms with E-state index in [-0.39, 0.29) is 6.10 Å². The molecule has 0 aliphatic heterocycles. The van der Waals surface area contributed by atoms with Crippen LogP contribution in [0.5, 0.6) is 17.2 Å². The van der Waals surface area contributed by atoms with Crippen molar-refractivity contribution in [1.29, 1.82) is 0 Å². The molecule has 0 saturated heterocycles. The van der Waals surface area contributed by atoms with Crippen molar-refractivity contribution in [2.75, 3.05) is 25.1 Å². The summed E-state index contributed by atoms with van der Waals surface area (Å²) >= 11 is 0. The minimum atomic E-state index is 0.0243. The molecule has 4 nitrogen and oxygen atoms in total. The van der Waals surface area contributed by atoms with Gasteiger partial charge in [-0.25, -0.2) is 0 Å². The number of aryl methyl sites for hydroxylation is 1. The van der Waals surface area contributed by atoms with E-state index >= 15 is 0 Å². The Morgan fingerprint density at radius 3 is 2.32 bits per heavy atom. The van der Waals surface area contributed by atoms with Crippen LogP contribution in [0.25, 0.3) is 0 Å². The van der Waals surface area contributed by atoms with E-state index in [0.717, 1.165) is 22.9 Å². The van der Waals surface area contributed by atoms with Gasteiger partial charge >= 0.3 is 0 Å². The standard InChI is InChI=1S/C24H27NO3/c1-19-9-8-12-22(17-19)28-20(2)18-25-23-13-6-7-14-24(23)27-16-15-26-21-10-4-3-5-11-21/h3-14,17,20,25H,15-16,18H2,1-2H3. The minimum absolute atomic E-state index is 0.0243. The van der Waals surface area contributed by atoms with Gasteiger partial charge in [-0.2, -0.15) is 0 Å². The van der Waals surface area contributed by atoms with Crippen molar-refractivity contribution in [2.45, 2.75) is 20.0 Å². The summed E-state index contributed by atoms with van der Waals surface area (Å²) < 4.78 is 17.6. The Hall–Kier alpha value is -3.14. The Morgan fingerprint density at radius 2 is 1.50 bits per heavy atom. The lowest BCUT2D eigenvalue weighted by Crippen LogP contribution is -2.23. The zero-order valence-electron chi connectivity index (χ0n) is 16.4. The third-order valence-corrected chi connectivity index (χ3v) is 4.15. The van der Waals surface area contributed by atoms with E-state index in [9.17, 15) is 0 Å². The van der Waals surface area contributed by atoms with E-state index in [1.807, 2.05) is 79.7 Å². The lowest BCUT2D eigenvalue weighted by Gasteiger charge is -2.18. The smallest absolute Gasteiger partial charge is 0.142 e. The predicted molar refractivity (Wildman–Crippen MR) is 114 cm³/mol. The van der Waals surface area contributed by atoms with Gasteiger partial charge in [-0.3, -0.25) is 0 Å². The summed E-state index contributed by atoms with van der Waals surface area (Å²) in [6, 6.07) is 25.7. The minimum Gasteiger partial charge on any atom is -0.490 e. The van der Waals surface area contributed by atoms with Crippen molar-refractivity contribution in [3.63, 3.8) is 0 Å². The fourth-order valence-corrected chi connectivity index (χ4v) is 2.78. The summed E-state index contributed by atoms with van der Waals surface area (Å²) in [7, 11) is 0. The second-order valence-electron chi connectivity index (χ2n) is 6.63. The van der Waals surface area contributed by atoms with E-state index < -0.39 is 0 Å². The molecule has 3 aromatic carbocycles. The SMILES string of the molecule is Cc1cccc(OC(C)CNc2ccccc2OCCOc2ccccc2)c1. The van der Waals surface area contributed by atoms with E-state index in [1.165, 1.54) is 5.56 Å². The molecule has 0 aliphatic carbocycles. The summed E-state index contributed by atoms with van der Waals surface area (Å²) in [6.07, 6.45) is 0.0243. The molecule has 146 valence electrons. The number of hydrogen-bond donors (Lipinski definition) is 1. The number of benzene rings is 3. The van der Waals surface area contributed by atoms with Crippen LogP contribution in [0.15, 0.2) is 78.9 Å². The first-order chi connectivity index (χ1) is 13.7. The van der Waals surface area contributed by atoms with Gasteiger partial charge in [-0.1, -0.05) is 42.5 Å². The van der Waals surface area contributed by atoms with Crippen molar-refractivity contribution in [1.82, 2.24) is 0 Å². The highest BCUT2D eigenvalue weighted by atomic mass is 16.5. The van der Waals surface area contributed by atoms with Crippen LogP contribution in [-0.2, 0) is 0 Å². The Kier molecular flexibility index (Phi) is 7.19. The van der Waals surface area contributed by atoms with Gasteiger partial charge in [0.15, 0.2) is 0 Å². The first kappa shape index (κ1) is 19.6. The van der Waals surface area contributed by atoms with Crippen LogP contribution in [0.2, 0.25) is 0 Å². The topological polar surface area (TPSA) is 39.7 Å². The molecule has 3 aromatic rings. The van der Waals surface area contributed by atoms with Crippen LogP contribution >= 0.6 is 0 Å². The molecule has 0 amide bonds. The second-order valence-corrected chi connectivity index (χ2v) is 6.63. The largest absolute Gasteiger partial charge is 0.490 e. The maximum absolute atomic E-state index is 5.98. The molecule has 0 aliphatic rings. The van der Waals surface area contributed by atoms with Crippen molar-refractivity contribution >= 4 is 5.69 Å². The number of ether oxygens (including phenoxy) is 3. The molecule has 4 heteroatoms. The van der Waals surface area contributed by atoms with Gasteiger partial charge in [0.1, 0.15) is 36.6 Å². The molecule has 0 bridgehead atoms. The van der Waals surface area contributed by atoms with Crippen molar-refractivity contribution in [3.05, 3.63) is 84.4 Å². The molecular formula is C24H27NO3. The van der Waals surface area contributed by atoms with E-state index in [0.29, 0.717) is 19.8 Å². The quantitative estimate of drug-likeness (QED) is 0.485. The zero-order valence-corrected chi connectivity index (χ0v) is 16.4. The number of nitrogens with one attached hydrogen (secondary N) is 1. The summed E-state index contributed by atoms with van der Waals surface area (Å²) in [4.78, 5) is 0. The molecule has 1 N–H and O–H groups in total. The molecule has 3 rings (SSSR count). The summed E-state index contributed by atoms with van der Waals surface area (Å²) in [5, 5.41) is 3.42. The third-order valence-electron chi connectivity index (χ3n) is 4.15. The average Bonchev–Trinajstić information content (AvgIpc) is 2.71. The number of anilines is 1. The number of para-hydroxylation sites is 3. The highest BCUT2D eigenvalue weighted by molar-refractivity contribution is 5.56. The number of hydrogen-bond acceptors (Lipinski definition) is 4. The average molecular weight is 377 g/mol. The Bertz CT molecular complexity index is 851. The Balaban J connectivity index is 1.46. The van der Waals surface area contributed by atoms with E-state index in [4.69, 9.17) is 14.2 Å². The maximum atomic E-state index is 5.98. The van der Waals surface area contributed by atoms with Crippen LogP contribution in [0.3, 0.4) is 0 Å². The molecule has 0 aromatic heterocycles. The maximum Gasteiger partial charge on any atom is 0.142 e. The lowest BCUT2D eigenvalue weighted by molar-refractivity contribution is 0.217. The zero-order chi connectivity index (χ0) is 19.6. The fraction of sp³-hybridized carbons (Fsp3) is 0.250. The molecule has 0 saturated carbocycles. The molecule has 1 unspecified atom stereocenters.